The van der Waals surface area contributed by atoms with Gasteiger partial charge in [-0.1, -0.05) is 94.3 Å². The summed E-state index contributed by atoms with van der Waals surface area (Å²) >= 11 is 5.59. The predicted molar refractivity (Wildman–Crippen MR) is 135 cm³/mol. The zero-order chi connectivity index (χ0) is 23.1. The number of hydrogen-bond donors (Lipinski definition) is 4. The number of carbonyl (C=O) groups excluding carboxylic acids is 1. The van der Waals surface area contributed by atoms with Crippen LogP contribution in [-0.2, 0) is 4.79 Å². The van der Waals surface area contributed by atoms with Gasteiger partial charge in [0.05, 0.1) is 6.04 Å². The van der Waals surface area contributed by atoms with Crippen molar-refractivity contribution in [3.05, 3.63) is 71.8 Å². The highest BCUT2D eigenvalue weighted by Gasteiger charge is 2.34. The molecule has 1 aliphatic rings. The highest BCUT2D eigenvalue weighted by atomic mass is 32.1. The number of benzene rings is 2. The van der Waals surface area contributed by atoms with E-state index < -0.39 is 6.04 Å². The average molecular weight is 453 g/mol. The lowest BCUT2D eigenvalue weighted by Crippen LogP contribution is -2.59. The zero-order valence-corrected chi connectivity index (χ0v) is 20.1. The molecule has 0 spiro atoms. The molecular formula is C26H36N4OS. The van der Waals surface area contributed by atoms with E-state index in [0.717, 1.165) is 36.8 Å². The molecule has 3 rings (SSSR count). The van der Waals surface area contributed by atoms with Crippen LogP contribution >= 0.6 is 12.2 Å². The number of hydrogen-bond acceptors (Lipinski definition) is 3. The van der Waals surface area contributed by atoms with E-state index in [-0.39, 0.29) is 29.4 Å². The second-order valence-corrected chi connectivity index (χ2v) is 10.1. The first-order valence-corrected chi connectivity index (χ1v) is 11.9. The highest BCUT2D eigenvalue weighted by molar-refractivity contribution is 7.80. The van der Waals surface area contributed by atoms with Gasteiger partial charge in [-0.3, -0.25) is 4.79 Å². The van der Waals surface area contributed by atoms with Gasteiger partial charge in [0.1, 0.15) is 6.04 Å². The molecule has 172 valence electrons. The summed E-state index contributed by atoms with van der Waals surface area (Å²) in [5.74, 6) is -0.0905. The Morgan fingerprint density at radius 2 is 1.47 bits per heavy atom. The highest BCUT2D eigenvalue weighted by Crippen LogP contribution is 2.25. The molecule has 0 radical (unpaired) electrons. The van der Waals surface area contributed by atoms with E-state index in [4.69, 9.17) is 18.0 Å². The van der Waals surface area contributed by atoms with Crippen LogP contribution in [-0.4, -0.2) is 29.1 Å². The van der Waals surface area contributed by atoms with Crippen LogP contribution in [0.4, 0.5) is 0 Å². The fourth-order valence-corrected chi connectivity index (χ4v) is 4.50. The van der Waals surface area contributed by atoms with Gasteiger partial charge in [-0.15, -0.1) is 0 Å². The van der Waals surface area contributed by atoms with Crippen molar-refractivity contribution >= 4 is 23.2 Å². The maximum atomic E-state index is 13.6. The van der Waals surface area contributed by atoms with Gasteiger partial charge in [-0.2, -0.15) is 0 Å². The third-order valence-corrected chi connectivity index (χ3v) is 6.33. The van der Waals surface area contributed by atoms with E-state index in [0.29, 0.717) is 5.11 Å². The quantitative estimate of drug-likeness (QED) is 0.498. The van der Waals surface area contributed by atoms with Crippen LogP contribution in [0.1, 0.15) is 63.6 Å². The zero-order valence-electron chi connectivity index (χ0n) is 19.3. The van der Waals surface area contributed by atoms with E-state index in [1.807, 2.05) is 81.4 Å². The Labute approximate surface area is 197 Å². The topological polar surface area (TPSA) is 79.2 Å². The fourth-order valence-electron chi connectivity index (χ4n) is 4.23. The predicted octanol–water partition coefficient (Wildman–Crippen LogP) is 4.04. The largest absolute Gasteiger partial charge is 0.358 e. The molecule has 0 bridgehead atoms. The number of amides is 1. The van der Waals surface area contributed by atoms with Crippen LogP contribution in [0.2, 0.25) is 0 Å². The maximum Gasteiger partial charge on any atom is 0.243 e. The van der Waals surface area contributed by atoms with Gasteiger partial charge in [-0.25, -0.2) is 0 Å². The van der Waals surface area contributed by atoms with Gasteiger partial charge in [0.15, 0.2) is 5.11 Å². The number of nitrogens with two attached hydrogens (primary N) is 1. The average Bonchev–Trinajstić information content (AvgIpc) is 2.77. The number of carbonyl (C=O) groups is 1. The van der Waals surface area contributed by atoms with E-state index in [2.05, 4.69) is 16.0 Å². The second-order valence-electron chi connectivity index (χ2n) is 9.73. The van der Waals surface area contributed by atoms with Crippen LogP contribution in [0.25, 0.3) is 0 Å². The minimum absolute atomic E-state index is 0.0888. The first kappa shape index (κ1) is 24.2. The van der Waals surface area contributed by atoms with E-state index in [1.54, 1.807) is 0 Å². The van der Waals surface area contributed by atoms with E-state index in [9.17, 15) is 4.79 Å². The molecule has 3 atom stereocenters. The molecule has 6 heteroatoms. The normalized spacial score (nSPS) is 19.8. The summed E-state index contributed by atoms with van der Waals surface area (Å²) in [4.78, 5) is 13.6. The molecule has 2 aromatic rings. The van der Waals surface area contributed by atoms with Crippen LogP contribution < -0.4 is 21.7 Å². The summed E-state index contributed by atoms with van der Waals surface area (Å²) in [5, 5.41) is 10.4. The summed E-state index contributed by atoms with van der Waals surface area (Å²) in [6.07, 6.45) is 4.30. The SMILES string of the molecule is CC(C)(C)[C@H](NC(=S)N[C@@H]1CCCC[C@H]1N)C(=O)NC(c1ccccc1)c1ccccc1. The molecule has 1 amide bonds. The Bertz CT molecular complexity index is 842. The summed E-state index contributed by atoms with van der Waals surface area (Å²) < 4.78 is 0. The molecular weight excluding hydrogens is 416 g/mol. The molecule has 0 aliphatic heterocycles. The van der Waals surface area contributed by atoms with Gasteiger partial charge >= 0.3 is 0 Å². The number of thiocarbonyl (C=S) groups is 1. The summed E-state index contributed by atoms with van der Waals surface area (Å²) in [6, 6.07) is 19.5. The molecule has 1 fully saturated rings. The van der Waals surface area contributed by atoms with Crippen molar-refractivity contribution < 1.29 is 4.79 Å². The third kappa shape index (κ3) is 6.53. The van der Waals surface area contributed by atoms with Crippen molar-refractivity contribution in [2.24, 2.45) is 11.1 Å². The van der Waals surface area contributed by atoms with Crippen molar-refractivity contribution in [2.45, 2.75) is 70.6 Å². The Balaban J connectivity index is 1.76. The molecule has 0 saturated heterocycles. The first-order chi connectivity index (χ1) is 15.3. The Morgan fingerprint density at radius 1 is 0.938 bits per heavy atom. The Kier molecular flexibility index (Phi) is 8.26. The molecule has 32 heavy (non-hydrogen) atoms. The summed E-state index contributed by atoms with van der Waals surface area (Å²) in [7, 11) is 0. The summed E-state index contributed by atoms with van der Waals surface area (Å²) in [6.45, 7) is 6.12. The van der Waals surface area contributed by atoms with Gasteiger partial charge in [0.25, 0.3) is 0 Å². The maximum absolute atomic E-state index is 13.6. The van der Waals surface area contributed by atoms with E-state index >= 15 is 0 Å². The molecule has 5 nitrogen and oxygen atoms in total. The Hall–Kier alpha value is -2.44. The van der Waals surface area contributed by atoms with Crippen molar-refractivity contribution in [1.82, 2.24) is 16.0 Å². The van der Waals surface area contributed by atoms with Gasteiger partial charge in [0.2, 0.25) is 5.91 Å². The lowest BCUT2D eigenvalue weighted by Gasteiger charge is -2.35. The van der Waals surface area contributed by atoms with Crippen LogP contribution in [0.3, 0.4) is 0 Å². The molecule has 0 aromatic heterocycles. The van der Waals surface area contributed by atoms with Crippen molar-refractivity contribution in [1.29, 1.82) is 0 Å². The smallest absolute Gasteiger partial charge is 0.243 e. The lowest BCUT2D eigenvalue weighted by atomic mass is 9.85. The lowest BCUT2D eigenvalue weighted by molar-refractivity contribution is -0.125. The fraction of sp³-hybridized carbons (Fsp3) is 0.462. The van der Waals surface area contributed by atoms with Gasteiger partial charge in [-0.05, 0) is 41.6 Å². The molecule has 1 saturated carbocycles. The molecule has 0 heterocycles. The Morgan fingerprint density at radius 3 is 1.97 bits per heavy atom. The molecule has 2 aromatic carbocycles. The van der Waals surface area contributed by atoms with Crippen molar-refractivity contribution in [2.75, 3.05) is 0 Å². The van der Waals surface area contributed by atoms with Crippen LogP contribution in [0.5, 0.6) is 0 Å². The first-order valence-electron chi connectivity index (χ1n) is 11.5. The van der Waals surface area contributed by atoms with Crippen LogP contribution in [0.15, 0.2) is 60.7 Å². The minimum atomic E-state index is -0.503. The third-order valence-electron chi connectivity index (χ3n) is 6.09. The number of rotatable bonds is 6. The van der Waals surface area contributed by atoms with Gasteiger partial charge < -0.3 is 21.7 Å². The molecule has 0 unspecified atom stereocenters. The van der Waals surface area contributed by atoms with Crippen molar-refractivity contribution in [3.63, 3.8) is 0 Å². The second kappa shape index (κ2) is 10.9. The molecule has 1 aliphatic carbocycles. The van der Waals surface area contributed by atoms with E-state index in [1.165, 1.54) is 0 Å². The number of nitrogens with one attached hydrogen (secondary N) is 3. The monoisotopic (exact) mass is 452 g/mol. The minimum Gasteiger partial charge on any atom is -0.358 e. The van der Waals surface area contributed by atoms with Crippen molar-refractivity contribution in [3.8, 4) is 0 Å². The summed E-state index contributed by atoms with van der Waals surface area (Å²) in [5.41, 5.74) is 8.00. The van der Waals surface area contributed by atoms with Crippen LogP contribution in [0, 0.1) is 5.41 Å². The molecule has 5 N–H and O–H groups in total. The standard InChI is InChI=1S/C26H36N4OS/c1-26(2,3)23(30-25(32)28-21-17-11-10-16-20(21)27)24(31)29-22(18-12-6-4-7-13-18)19-14-8-5-9-15-19/h4-9,12-15,20-23H,10-11,16-17,27H2,1-3H3,(H,29,31)(H2,28,30,32)/t20-,21-,23-/m1/s1. The van der Waals surface area contributed by atoms with Gasteiger partial charge in [0, 0.05) is 12.1 Å².